The van der Waals surface area contributed by atoms with Crippen LogP contribution < -0.4 is 10.0 Å². The minimum Gasteiger partial charge on any atom is -0.508 e. The van der Waals surface area contributed by atoms with Crippen LogP contribution in [0.3, 0.4) is 0 Å². The van der Waals surface area contributed by atoms with Crippen molar-refractivity contribution in [3.8, 4) is 5.75 Å². The summed E-state index contributed by atoms with van der Waals surface area (Å²) >= 11 is 0. The lowest BCUT2D eigenvalue weighted by Crippen LogP contribution is -2.13. The van der Waals surface area contributed by atoms with Gasteiger partial charge in [-0.3, -0.25) is 4.72 Å². The van der Waals surface area contributed by atoms with Crippen molar-refractivity contribution in [1.82, 2.24) is 0 Å². The third-order valence-corrected chi connectivity index (χ3v) is 3.59. The van der Waals surface area contributed by atoms with E-state index in [1.165, 1.54) is 0 Å². The van der Waals surface area contributed by atoms with Crippen LogP contribution in [-0.4, -0.2) is 19.8 Å². The molecule has 0 aliphatic carbocycles. The number of hydrogen-bond acceptors (Lipinski definition) is 4. The molecule has 6 heteroatoms. The Morgan fingerprint density at radius 1 is 1.00 bits per heavy atom. The number of sulfonamides is 1. The van der Waals surface area contributed by atoms with Crippen molar-refractivity contribution in [2.45, 2.75) is 13.0 Å². The van der Waals surface area contributed by atoms with E-state index in [1.807, 2.05) is 25.1 Å². The van der Waals surface area contributed by atoms with Gasteiger partial charge in [0.2, 0.25) is 10.0 Å². The van der Waals surface area contributed by atoms with Gasteiger partial charge in [0, 0.05) is 5.56 Å². The standard InChI is InChI=1S/C15H18N2O3S/c1-11(12-7-3-6-10-15(12)18)16-13-8-4-5-9-14(13)17-21(2,19)20/h3-11,16-18H,1-2H3. The zero-order valence-corrected chi connectivity index (χ0v) is 12.7. The Bertz CT molecular complexity index is 729. The summed E-state index contributed by atoms with van der Waals surface area (Å²) in [4.78, 5) is 0. The molecule has 5 nitrogen and oxygen atoms in total. The molecule has 2 rings (SSSR count). The summed E-state index contributed by atoms with van der Waals surface area (Å²) in [6.07, 6.45) is 1.11. The number of rotatable bonds is 5. The third kappa shape index (κ3) is 4.13. The zero-order chi connectivity index (χ0) is 15.5. The molecule has 0 saturated heterocycles. The molecule has 0 fully saturated rings. The van der Waals surface area contributed by atoms with E-state index in [9.17, 15) is 13.5 Å². The molecule has 1 unspecified atom stereocenters. The number of nitrogens with one attached hydrogen (secondary N) is 2. The molecule has 2 aromatic carbocycles. The van der Waals surface area contributed by atoms with Gasteiger partial charge in [0.25, 0.3) is 0 Å². The predicted octanol–water partition coefficient (Wildman–Crippen LogP) is 2.94. The Morgan fingerprint density at radius 3 is 2.19 bits per heavy atom. The molecule has 21 heavy (non-hydrogen) atoms. The smallest absolute Gasteiger partial charge is 0.229 e. The van der Waals surface area contributed by atoms with E-state index < -0.39 is 10.0 Å². The van der Waals surface area contributed by atoms with Gasteiger partial charge in [-0.25, -0.2) is 8.42 Å². The SMILES string of the molecule is CC(Nc1ccccc1NS(C)(=O)=O)c1ccccc1O. The lowest BCUT2D eigenvalue weighted by molar-refractivity contribution is 0.465. The van der Waals surface area contributed by atoms with Gasteiger partial charge < -0.3 is 10.4 Å². The maximum absolute atomic E-state index is 11.4. The Labute approximate surface area is 124 Å². The first-order chi connectivity index (χ1) is 9.87. The fourth-order valence-electron chi connectivity index (χ4n) is 2.06. The van der Waals surface area contributed by atoms with E-state index in [0.717, 1.165) is 11.8 Å². The van der Waals surface area contributed by atoms with Gasteiger partial charge in [-0.1, -0.05) is 30.3 Å². The van der Waals surface area contributed by atoms with E-state index in [4.69, 9.17) is 0 Å². The van der Waals surface area contributed by atoms with Gasteiger partial charge in [-0.05, 0) is 25.1 Å². The van der Waals surface area contributed by atoms with Crippen molar-refractivity contribution < 1.29 is 13.5 Å². The summed E-state index contributed by atoms with van der Waals surface area (Å²) in [5.41, 5.74) is 1.87. The number of para-hydroxylation sites is 3. The first-order valence-electron chi connectivity index (χ1n) is 6.48. The number of phenols is 1. The monoisotopic (exact) mass is 306 g/mol. The minimum atomic E-state index is -3.35. The molecule has 2 aromatic rings. The maximum Gasteiger partial charge on any atom is 0.229 e. The highest BCUT2D eigenvalue weighted by Gasteiger charge is 2.12. The molecule has 0 saturated carbocycles. The fourth-order valence-corrected chi connectivity index (χ4v) is 2.64. The summed E-state index contributed by atoms with van der Waals surface area (Å²) in [6.45, 7) is 1.90. The normalized spacial score (nSPS) is 12.7. The Morgan fingerprint density at radius 2 is 1.57 bits per heavy atom. The van der Waals surface area contributed by atoms with Crippen LogP contribution in [0.1, 0.15) is 18.5 Å². The average Bonchev–Trinajstić information content (AvgIpc) is 2.40. The molecule has 0 heterocycles. The Hall–Kier alpha value is -2.21. The molecule has 0 amide bonds. The molecule has 1 atom stereocenters. The summed E-state index contributed by atoms with van der Waals surface area (Å²) < 4.78 is 25.2. The van der Waals surface area contributed by atoms with Gasteiger partial charge in [0.15, 0.2) is 0 Å². The zero-order valence-electron chi connectivity index (χ0n) is 11.9. The number of phenolic OH excluding ortho intramolecular Hbond substituents is 1. The lowest BCUT2D eigenvalue weighted by Gasteiger charge is -2.19. The second-order valence-electron chi connectivity index (χ2n) is 4.84. The molecule has 0 aliphatic rings. The second-order valence-corrected chi connectivity index (χ2v) is 6.59. The molecule has 0 bridgehead atoms. The fraction of sp³-hybridized carbons (Fsp3) is 0.200. The highest BCUT2D eigenvalue weighted by atomic mass is 32.2. The Balaban J connectivity index is 2.26. The summed E-state index contributed by atoms with van der Waals surface area (Å²) in [5.74, 6) is 0.200. The topological polar surface area (TPSA) is 78.4 Å². The highest BCUT2D eigenvalue weighted by molar-refractivity contribution is 7.92. The summed E-state index contributed by atoms with van der Waals surface area (Å²) in [5, 5.41) is 13.1. The molecule has 0 spiro atoms. The van der Waals surface area contributed by atoms with Crippen molar-refractivity contribution >= 4 is 21.4 Å². The molecule has 112 valence electrons. The highest BCUT2D eigenvalue weighted by Crippen LogP contribution is 2.30. The largest absolute Gasteiger partial charge is 0.508 e. The molecule has 0 aliphatic heterocycles. The maximum atomic E-state index is 11.4. The molecule has 0 aromatic heterocycles. The minimum absolute atomic E-state index is 0.172. The van der Waals surface area contributed by atoms with Gasteiger partial charge >= 0.3 is 0 Å². The van der Waals surface area contributed by atoms with Crippen molar-refractivity contribution in [2.75, 3.05) is 16.3 Å². The van der Waals surface area contributed by atoms with Crippen LogP contribution in [-0.2, 0) is 10.0 Å². The van der Waals surface area contributed by atoms with Gasteiger partial charge in [0.1, 0.15) is 5.75 Å². The quantitative estimate of drug-likeness (QED) is 0.793. The number of benzene rings is 2. The summed E-state index contributed by atoms with van der Waals surface area (Å²) in [7, 11) is -3.35. The predicted molar refractivity (Wildman–Crippen MR) is 85.1 cm³/mol. The third-order valence-electron chi connectivity index (χ3n) is 3.00. The lowest BCUT2D eigenvalue weighted by atomic mass is 10.1. The van der Waals surface area contributed by atoms with E-state index in [-0.39, 0.29) is 11.8 Å². The van der Waals surface area contributed by atoms with Crippen LogP contribution >= 0.6 is 0 Å². The average molecular weight is 306 g/mol. The van der Waals surface area contributed by atoms with Crippen molar-refractivity contribution in [2.24, 2.45) is 0 Å². The van der Waals surface area contributed by atoms with E-state index in [2.05, 4.69) is 10.0 Å². The van der Waals surface area contributed by atoms with Crippen LogP contribution in [0.2, 0.25) is 0 Å². The molecular formula is C15H18N2O3S. The van der Waals surface area contributed by atoms with Gasteiger partial charge in [0.05, 0.1) is 23.7 Å². The number of aromatic hydroxyl groups is 1. The molecular weight excluding hydrogens is 288 g/mol. The van der Waals surface area contributed by atoms with E-state index in [0.29, 0.717) is 11.4 Å². The van der Waals surface area contributed by atoms with Gasteiger partial charge in [-0.15, -0.1) is 0 Å². The first kappa shape index (κ1) is 15.2. The Kier molecular flexibility index (Phi) is 4.37. The van der Waals surface area contributed by atoms with Crippen LogP contribution in [0.5, 0.6) is 5.75 Å². The summed E-state index contributed by atoms with van der Waals surface area (Å²) in [6, 6.07) is 13.9. The van der Waals surface area contributed by atoms with Crippen molar-refractivity contribution in [3.63, 3.8) is 0 Å². The van der Waals surface area contributed by atoms with Crippen LogP contribution in [0.15, 0.2) is 48.5 Å². The molecule has 0 radical (unpaired) electrons. The van der Waals surface area contributed by atoms with Crippen LogP contribution in [0.4, 0.5) is 11.4 Å². The second kappa shape index (κ2) is 6.05. The molecule has 3 N–H and O–H groups in total. The van der Waals surface area contributed by atoms with Crippen molar-refractivity contribution in [1.29, 1.82) is 0 Å². The number of hydrogen-bond donors (Lipinski definition) is 3. The number of anilines is 2. The first-order valence-corrected chi connectivity index (χ1v) is 8.37. The van der Waals surface area contributed by atoms with Crippen LogP contribution in [0, 0.1) is 0 Å². The van der Waals surface area contributed by atoms with Crippen molar-refractivity contribution in [3.05, 3.63) is 54.1 Å². The van der Waals surface area contributed by atoms with Crippen LogP contribution in [0.25, 0.3) is 0 Å². The van der Waals surface area contributed by atoms with E-state index in [1.54, 1.807) is 30.3 Å². The van der Waals surface area contributed by atoms with E-state index >= 15 is 0 Å². The van der Waals surface area contributed by atoms with Gasteiger partial charge in [-0.2, -0.15) is 0 Å².